The molecule has 0 aliphatic carbocycles. The molecule has 1 aliphatic rings. The third kappa shape index (κ3) is 4.20. The Hall–Kier alpha value is -2.84. The van der Waals surface area contributed by atoms with Gasteiger partial charge in [-0.1, -0.05) is 12.1 Å². The Kier molecular flexibility index (Phi) is 5.78. The van der Waals surface area contributed by atoms with Crippen LogP contribution >= 0.6 is 11.3 Å². The highest BCUT2D eigenvalue weighted by atomic mass is 32.1. The summed E-state index contributed by atoms with van der Waals surface area (Å²) in [6.07, 6.45) is 0.348. The van der Waals surface area contributed by atoms with E-state index in [4.69, 9.17) is 4.74 Å². The Bertz CT molecular complexity index is 1100. The number of carbonyl (C=O) groups excluding carboxylic acids is 2. The van der Waals surface area contributed by atoms with Gasteiger partial charge in [0.1, 0.15) is 10.7 Å². The van der Waals surface area contributed by atoms with Crippen molar-refractivity contribution in [3.8, 4) is 0 Å². The van der Waals surface area contributed by atoms with Gasteiger partial charge in [-0.25, -0.2) is 9.97 Å². The molecule has 8 heteroatoms. The molecule has 156 valence electrons. The summed E-state index contributed by atoms with van der Waals surface area (Å²) in [4.78, 5) is 37.4. The largest absolute Gasteiger partial charge is 0.378 e. The highest BCUT2D eigenvalue weighted by Crippen LogP contribution is 2.31. The quantitative estimate of drug-likeness (QED) is 0.695. The number of hydrogen-bond acceptors (Lipinski definition) is 6. The number of carbonyl (C=O) groups is 2. The van der Waals surface area contributed by atoms with Crippen LogP contribution in [0.5, 0.6) is 0 Å². The van der Waals surface area contributed by atoms with Crippen LogP contribution in [0.4, 0.5) is 5.69 Å². The van der Waals surface area contributed by atoms with E-state index in [2.05, 4.69) is 15.3 Å². The predicted octanol–water partition coefficient (Wildman–Crippen LogP) is 3.27. The number of nitrogens with one attached hydrogen (secondary N) is 1. The zero-order valence-corrected chi connectivity index (χ0v) is 18.1. The Morgan fingerprint density at radius 3 is 2.50 bits per heavy atom. The molecule has 1 saturated heterocycles. The van der Waals surface area contributed by atoms with E-state index >= 15 is 0 Å². The molecule has 0 unspecified atom stereocenters. The molecule has 0 atom stereocenters. The minimum absolute atomic E-state index is 0.0998. The van der Waals surface area contributed by atoms with E-state index in [1.165, 1.54) is 11.3 Å². The van der Waals surface area contributed by atoms with Crippen molar-refractivity contribution in [1.29, 1.82) is 0 Å². The number of aryl methyl sites for hydroxylation is 3. The molecule has 1 aromatic carbocycles. The van der Waals surface area contributed by atoms with Crippen molar-refractivity contribution in [1.82, 2.24) is 14.9 Å². The van der Waals surface area contributed by atoms with E-state index in [1.54, 1.807) is 0 Å². The highest BCUT2D eigenvalue weighted by Gasteiger charge is 2.19. The summed E-state index contributed by atoms with van der Waals surface area (Å²) < 4.78 is 5.29. The van der Waals surface area contributed by atoms with Crippen LogP contribution in [-0.2, 0) is 16.0 Å². The molecule has 3 heterocycles. The summed E-state index contributed by atoms with van der Waals surface area (Å²) in [5.74, 6) is 0.642. The minimum Gasteiger partial charge on any atom is -0.378 e. The molecule has 30 heavy (non-hydrogen) atoms. The standard InChI is InChI=1S/C22H24N4O3S/c1-13-19-14(2)23-15(3)24-22(19)30-20(13)21(28)25-17-6-4-16(5-7-17)12-18(27)26-8-10-29-11-9-26/h4-7H,8-12H2,1-3H3,(H,25,28). The molecule has 2 amide bonds. The van der Waals surface area contributed by atoms with Gasteiger partial charge in [-0.3, -0.25) is 9.59 Å². The fourth-order valence-corrected chi connectivity index (χ4v) is 4.86. The Morgan fingerprint density at radius 2 is 1.80 bits per heavy atom. The number of morpholine rings is 1. The summed E-state index contributed by atoms with van der Waals surface area (Å²) in [5, 5.41) is 3.90. The van der Waals surface area contributed by atoms with Gasteiger partial charge in [0, 0.05) is 29.9 Å². The molecule has 4 rings (SSSR count). The van der Waals surface area contributed by atoms with Crippen LogP contribution in [0, 0.1) is 20.8 Å². The lowest BCUT2D eigenvalue weighted by Crippen LogP contribution is -2.41. The Labute approximate surface area is 179 Å². The number of benzene rings is 1. The average molecular weight is 425 g/mol. The first kappa shape index (κ1) is 20.4. The van der Waals surface area contributed by atoms with Crippen molar-refractivity contribution >= 4 is 39.1 Å². The van der Waals surface area contributed by atoms with Crippen LogP contribution in [0.3, 0.4) is 0 Å². The molecule has 0 saturated carbocycles. The molecule has 1 N–H and O–H groups in total. The molecule has 1 aliphatic heterocycles. The number of fused-ring (bicyclic) bond motifs is 1. The topological polar surface area (TPSA) is 84.4 Å². The van der Waals surface area contributed by atoms with Gasteiger partial charge < -0.3 is 15.0 Å². The van der Waals surface area contributed by atoms with Gasteiger partial charge in [0.15, 0.2) is 0 Å². The monoisotopic (exact) mass is 424 g/mol. The van der Waals surface area contributed by atoms with E-state index in [0.717, 1.165) is 27.0 Å². The SMILES string of the molecule is Cc1nc(C)c2c(C)c(C(=O)Nc3ccc(CC(=O)N4CCOCC4)cc3)sc2n1. The lowest BCUT2D eigenvalue weighted by Gasteiger charge is -2.26. The van der Waals surface area contributed by atoms with Crippen LogP contribution in [-0.4, -0.2) is 53.0 Å². The number of thiophene rings is 1. The lowest BCUT2D eigenvalue weighted by molar-refractivity contribution is -0.134. The van der Waals surface area contributed by atoms with Crippen molar-refractivity contribution in [3.63, 3.8) is 0 Å². The van der Waals surface area contributed by atoms with E-state index in [0.29, 0.717) is 49.1 Å². The average Bonchev–Trinajstić information content (AvgIpc) is 3.06. The zero-order chi connectivity index (χ0) is 21.3. The maximum Gasteiger partial charge on any atom is 0.266 e. The Morgan fingerprint density at radius 1 is 1.10 bits per heavy atom. The first-order valence-corrected chi connectivity index (χ1v) is 10.7. The highest BCUT2D eigenvalue weighted by molar-refractivity contribution is 7.20. The molecular formula is C22H24N4O3S. The number of rotatable bonds is 4. The molecule has 0 radical (unpaired) electrons. The van der Waals surface area contributed by atoms with E-state index in [1.807, 2.05) is 49.9 Å². The van der Waals surface area contributed by atoms with Gasteiger partial charge in [-0.2, -0.15) is 0 Å². The molecule has 7 nitrogen and oxygen atoms in total. The predicted molar refractivity (Wildman–Crippen MR) is 117 cm³/mol. The minimum atomic E-state index is -0.162. The summed E-state index contributed by atoms with van der Waals surface area (Å²) in [6.45, 7) is 8.20. The van der Waals surface area contributed by atoms with E-state index in [9.17, 15) is 9.59 Å². The van der Waals surface area contributed by atoms with Gasteiger partial charge in [0.25, 0.3) is 5.91 Å². The number of amides is 2. The molecule has 1 fully saturated rings. The maximum absolute atomic E-state index is 12.8. The van der Waals surface area contributed by atoms with E-state index in [-0.39, 0.29) is 11.8 Å². The third-order valence-electron chi connectivity index (χ3n) is 5.22. The van der Waals surface area contributed by atoms with Crippen LogP contribution in [0.15, 0.2) is 24.3 Å². The smallest absolute Gasteiger partial charge is 0.266 e. The van der Waals surface area contributed by atoms with Gasteiger partial charge in [-0.05, 0) is 44.0 Å². The van der Waals surface area contributed by atoms with Gasteiger partial charge in [0.05, 0.1) is 24.5 Å². The number of anilines is 1. The molecule has 0 bridgehead atoms. The first-order valence-electron chi connectivity index (χ1n) is 9.92. The number of hydrogen-bond donors (Lipinski definition) is 1. The van der Waals surface area contributed by atoms with Crippen molar-refractivity contribution in [2.75, 3.05) is 31.6 Å². The van der Waals surface area contributed by atoms with Crippen molar-refractivity contribution in [2.45, 2.75) is 27.2 Å². The maximum atomic E-state index is 12.8. The normalized spacial score (nSPS) is 14.2. The van der Waals surface area contributed by atoms with Crippen molar-refractivity contribution in [3.05, 3.63) is 51.8 Å². The molecule has 0 spiro atoms. The summed E-state index contributed by atoms with van der Waals surface area (Å²) in [5.41, 5.74) is 3.40. The van der Waals surface area contributed by atoms with Crippen LogP contribution < -0.4 is 5.32 Å². The molecular weight excluding hydrogens is 400 g/mol. The summed E-state index contributed by atoms with van der Waals surface area (Å²) in [6, 6.07) is 7.42. The number of ether oxygens (including phenoxy) is 1. The van der Waals surface area contributed by atoms with Gasteiger partial charge in [0.2, 0.25) is 5.91 Å². The fraction of sp³-hybridized carbons (Fsp3) is 0.364. The summed E-state index contributed by atoms with van der Waals surface area (Å²) >= 11 is 1.38. The lowest BCUT2D eigenvalue weighted by atomic mass is 10.1. The third-order valence-corrected chi connectivity index (χ3v) is 6.40. The number of nitrogens with zero attached hydrogens (tertiary/aromatic N) is 3. The second kappa shape index (κ2) is 8.49. The second-order valence-corrected chi connectivity index (χ2v) is 8.41. The Balaban J connectivity index is 1.45. The second-order valence-electron chi connectivity index (χ2n) is 7.41. The fourth-order valence-electron chi connectivity index (χ4n) is 3.68. The number of aromatic nitrogens is 2. The first-order chi connectivity index (χ1) is 14.4. The van der Waals surface area contributed by atoms with E-state index < -0.39 is 0 Å². The van der Waals surface area contributed by atoms with Crippen LogP contribution in [0.25, 0.3) is 10.2 Å². The van der Waals surface area contributed by atoms with Crippen LogP contribution in [0.1, 0.15) is 32.3 Å². The zero-order valence-electron chi connectivity index (χ0n) is 17.3. The molecule has 2 aromatic heterocycles. The van der Waals surface area contributed by atoms with Crippen molar-refractivity contribution < 1.29 is 14.3 Å². The van der Waals surface area contributed by atoms with Crippen LogP contribution in [0.2, 0.25) is 0 Å². The van der Waals surface area contributed by atoms with Gasteiger partial charge >= 0.3 is 0 Å². The summed E-state index contributed by atoms with van der Waals surface area (Å²) in [7, 11) is 0. The van der Waals surface area contributed by atoms with Gasteiger partial charge in [-0.15, -0.1) is 11.3 Å². The molecule has 3 aromatic rings. The van der Waals surface area contributed by atoms with Crippen molar-refractivity contribution in [2.24, 2.45) is 0 Å².